The van der Waals surface area contributed by atoms with E-state index in [0.29, 0.717) is 13.0 Å². The lowest BCUT2D eigenvalue weighted by molar-refractivity contribution is 0.0279. The second kappa shape index (κ2) is 4.25. The number of piperidine rings is 1. The minimum atomic E-state index is -1.09. The minimum absolute atomic E-state index is 0.266. The van der Waals surface area contributed by atoms with Gasteiger partial charge < -0.3 is 15.4 Å². The van der Waals surface area contributed by atoms with Crippen molar-refractivity contribution in [1.82, 2.24) is 10.6 Å². The Morgan fingerprint density at radius 1 is 1.75 bits per heavy atom. The molecule has 2 atom stereocenters. The SMILES string of the molecule is CNC(=O)OC1CCNCC1F. The summed E-state index contributed by atoms with van der Waals surface area (Å²) in [7, 11) is 1.46. The Balaban J connectivity index is 2.33. The number of carbonyl (C=O) groups excluding carboxylic acids is 1. The highest BCUT2D eigenvalue weighted by Gasteiger charge is 2.27. The molecule has 2 unspecified atom stereocenters. The molecule has 4 nitrogen and oxygen atoms in total. The van der Waals surface area contributed by atoms with E-state index in [2.05, 4.69) is 10.6 Å². The molecule has 0 bridgehead atoms. The average molecular weight is 176 g/mol. The summed E-state index contributed by atoms with van der Waals surface area (Å²) < 4.78 is 17.8. The van der Waals surface area contributed by atoms with Crippen molar-refractivity contribution in [3.8, 4) is 0 Å². The molecule has 1 aliphatic heterocycles. The van der Waals surface area contributed by atoms with Crippen LogP contribution in [0.5, 0.6) is 0 Å². The van der Waals surface area contributed by atoms with Crippen LogP contribution in [0.15, 0.2) is 0 Å². The van der Waals surface area contributed by atoms with Gasteiger partial charge in [0.2, 0.25) is 0 Å². The summed E-state index contributed by atoms with van der Waals surface area (Å²) in [5, 5.41) is 5.15. The molecule has 1 rings (SSSR count). The zero-order chi connectivity index (χ0) is 8.97. The van der Waals surface area contributed by atoms with E-state index < -0.39 is 18.4 Å². The molecule has 5 heteroatoms. The van der Waals surface area contributed by atoms with E-state index in [-0.39, 0.29) is 6.54 Å². The molecule has 0 spiro atoms. The summed E-state index contributed by atoms with van der Waals surface area (Å²) >= 11 is 0. The first-order chi connectivity index (χ1) is 5.74. The monoisotopic (exact) mass is 176 g/mol. The fraction of sp³-hybridized carbons (Fsp3) is 0.857. The molecule has 70 valence electrons. The van der Waals surface area contributed by atoms with E-state index in [4.69, 9.17) is 4.74 Å². The van der Waals surface area contributed by atoms with Gasteiger partial charge in [-0.3, -0.25) is 0 Å². The maximum atomic E-state index is 13.0. The largest absolute Gasteiger partial charge is 0.443 e. The third kappa shape index (κ3) is 2.34. The standard InChI is InChI=1S/C7H13FN2O2/c1-9-7(11)12-6-2-3-10-4-5(6)8/h5-6,10H,2-4H2,1H3,(H,9,11). The number of ether oxygens (including phenoxy) is 1. The van der Waals surface area contributed by atoms with Crippen molar-refractivity contribution in [3.05, 3.63) is 0 Å². The summed E-state index contributed by atoms with van der Waals surface area (Å²) in [6.07, 6.45) is -1.71. The van der Waals surface area contributed by atoms with Crippen LogP contribution >= 0.6 is 0 Å². The highest BCUT2D eigenvalue weighted by molar-refractivity contribution is 5.66. The number of halogens is 1. The van der Waals surface area contributed by atoms with Gasteiger partial charge in [-0.25, -0.2) is 9.18 Å². The maximum absolute atomic E-state index is 13.0. The molecular formula is C7H13FN2O2. The summed E-state index contributed by atoms with van der Waals surface area (Å²) in [6.45, 7) is 0.962. The van der Waals surface area contributed by atoms with Gasteiger partial charge >= 0.3 is 6.09 Å². The Bertz CT molecular complexity index is 165. The molecule has 2 N–H and O–H groups in total. The van der Waals surface area contributed by atoms with Gasteiger partial charge in [0, 0.05) is 13.6 Å². The molecule has 1 fully saturated rings. The van der Waals surface area contributed by atoms with Crippen LogP contribution in [0.2, 0.25) is 0 Å². The van der Waals surface area contributed by atoms with Gasteiger partial charge in [-0.05, 0) is 13.0 Å². The molecule has 0 saturated carbocycles. The Labute approximate surface area is 70.5 Å². The predicted molar refractivity (Wildman–Crippen MR) is 41.7 cm³/mol. The van der Waals surface area contributed by atoms with Gasteiger partial charge in [0.1, 0.15) is 12.3 Å². The van der Waals surface area contributed by atoms with Crippen LogP contribution in [0, 0.1) is 0 Å². The third-order valence-electron chi connectivity index (χ3n) is 1.81. The van der Waals surface area contributed by atoms with Crippen LogP contribution < -0.4 is 10.6 Å². The number of alkyl halides is 1. The van der Waals surface area contributed by atoms with Crippen LogP contribution in [-0.2, 0) is 4.74 Å². The van der Waals surface area contributed by atoms with E-state index in [0.717, 1.165) is 0 Å². The first-order valence-electron chi connectivity index (χ1n) is 3.97. The van der Waals surface area contributed by atoms with Gasteiger partial charge in [0.15, 0.2) is 0 Å². The summed E-state index contributed by atoms with van der Waals surface area (Å²) in [5.41, 5.74) is 0. The summed E-state index contributed by atoms with van der Waals surface area (Å²) in [6, 6.07) is 0. The van der Waals surface area contributed by atoms with E-state index in [1.54, 1.807) is 0 Å². The quantitative estimate of drug-likeness (QED) is 0.593. The zero-order valence-electron chi connectivity index (χ0n) is 6.97. The van der Waals surface area contributed by atoms with Gasteiger partial charge in [-0.15, -0.1) is 0 Å². The summed E-state index contributed by atoms with van der Waals surface area (Å²) in [4.78, 5) is 10.7. The van der Waals surface area contributed by atoms with Crippen molar-refractivity contribution in [2.75, 3.05) is 20.1 Å². The molecule has 0 aliphatic carbocycles. The topological polar surface area (TPSA) is 50.4 Å². The van der Waals surface area contributed by atoms with Crippen LogP contribution in [0.1, 0.15) is 6.42 Å². The number of nitrogens with one attached hydrogen (secondary N) is 2. The number of amides is 1. The minimum Gasteiger partial charge on any atom is -0.443 e. The van der Waals surface area contributed by atoms with Gasteiger partial charge in [0.05, 0.1) is 0 Å². The lowest BCUT2D eigenvalue weighted by atomic mass is 10.1. The zero-order valence-corrected chi connectivity index (χ0v) is 6.97. The summed E-state index contributed by atoms with van der Waals surface area (Å²) in [5.74, 6) is 0. The highest BCUT2D eigenvalue weighted by atomic mass is 19.1. The molecule has 0 aromatic heterocycles. The van der Waals surface area contributed by atoms with E-state index in [1.165, 1.54) is 7.05 Å². The van der Waals surface area contributed by atoms with Crippen LogP contribution in [-0.4, -0.2) is 38.5 Å². The molecule has 1 amide bonds. The Morgan fingerprint density at radius 3 is 3.08 bits per heavy atom. The van der Waals surface area contributed by atoms with E-state index in [9.17, 15) is 9.18 Å². The molecule has 1 aliphatic rings. The number of hydrogen-bond donors (Lipinski definition) is 2. The highest BCUT2D eigenvalue weighted by Crippen LogP contribution is 2.11. The van der Waals surface area contributed by atoms with Crippen LogP contribution in [0.3, 0.4) is 0 Å². The fourth-order valence-corrected chi connectivity index (χ4v) is 1.13. The van der Waals surface area contributed by atoms with Gasteiger partial charge in [-0.1, -0.05) is 0 Å². The Hall–Kier alpha value is -0.840. The molecule has 0 aromatic carbocycles. The van der Waals surface area contributed by atoms with Crippen molar-refractivity contribution in [3.63, 3.8) is 0 Å². The number of carbonyl (C=O) groups is 1. The number of alkyl carbamates (subject to hydrolysis) is 1. The van der Waals surface area contributed by atoms with Crippen molar-refractivity contribution in [1.29, 1.82) is 0 Å². The normalized spacial score (nSPS) is 29.5. The van der Waals surface area contributed by atoms with Gasteiger partial charge in [-0.2, -0.15) is 0 Å². The fourth-order valence-electron chi connectivity index (χ4n) is 1.13. The lowest BCUT2D eigenvalue weighted by Crippen LogP contribution is -2.44. The van der Waals surface area contributed by atoms with Crippen LogP contribution in [0.25, 0.3) is 0 Å². The second-order valence-corrected chi connectivity index (χ2v) is 2.70. The molecule has 0 aromatic rings. The molecule has 1 heterocycles. The van der Waals surface area contributed by atoms with Gasteiger partial charge in [0.25, 0.3) is 0 Å². The lowest BCUT2D eigenvalue weighted by Gasteiger charge is -2.26. The molecule has 1 saturated heterocycles. The Morgan fingerprint density at radius 2 is 2.50 bits per heavy atom. The van der Waals surface area contributed by atoms with Crippen molar-refractivity contribution < 1.29 is 13.9 Å². The van der Waals surface area contributed by atoms with Crippen molar-refractivity contribution in [2.45, 2.75) is 18.7 Å². The van der Waals surface area contributed by atoms with Crippen molar-refractivity contribution in [2.24, 2.45) is 0 Å². The maximum Gasteiger partial charge on any atom is 0.407 e. The number of rotatable bonds is 1. The Kier molecular flexibility index (Phi) is 3.28. The van der Waals surface area contributed by atoms with Crippen molar-refractivity contribution >= 4 is 6.09 Å². The molecule has 12 heavy (non-hydrogen) atoms. The third-order valence-corrected chi connectivity index (χ3v) is 1.81. The molecule has 0 radical (unpaired) electrons. The first-order valence-corrected chi connectivity index (χ1v) is 3.97. The van der Waals surface area contributed by atoms with E-state index in [1.807, 2.05) is 0 Å². The molecular weight excluding hydrogens is 163 g/mol. The van der Waals surface area contributed by atoms with Crippen LogP contribution in [0.4, 0.5) is 9.18 Å². The first kappa shape index (κ1) is 9.25. The van der Waals surface area contributed by atoms with E-state index >= 15 is 0 Å². The predicted octanol–water partition coefficient (Wildman–Crippen LogP) is 0.0424. The second-order valence-electron chi connectivity index (χ2n) is 2.70. The average Bonchev–Trinajstić information content (AvgIpc) is 2.09. The number of hydrogen-bond acceptors (Lipinski definition) is 3. The smallest absolute Gasteiger partial charge is 0.407 e.